The van der Waals surface area contributed by atoms with Gasteiger partial charge >= 0.3 is 0 Å². The van der Waals surface area contributed by atoms with Gasteiger partial charge in [0.1, 0.15) is 11.5 Å². The molecule has 0 bridgehead atoms. The van der Waals surface area contributed by atoms with Crippen LogP contribution in [0.4, 0.5) is 0 Å². The highest BCUT2D eigenvalue weighted by Crippen LogP contribution is 2.24. The number of benzene rings is 1. The minimum absolute atomic E-state index is 0.348. The number of methoxy groups -OCH3 is 1. The quantitative estimate of drug-likeness (QED) is 0.838. The molecule has 112 valence electrons. The molecule has 1 aliphatic heterocycles. The van der Waals surface area contributed by atoms with Crippen molar-refractivity contribution in [1.82, 2.24) is 10.2 Å². The van der Waals surface area contributed by atoms with Gasteiger partial charge in [0.05, 0.1) is 7.11 Å². The molecule has 1 atom stereocenters. The Morgan fingerprint density at radius 2 is 2.25 bits per heavy atom. The van der Waals surface area contributed by atoms with Gasteiger partial charge in [0.25, 0.3) is 0 Å². The van der Waals surface area contributed by atoms with Crippen molar-refractivity contribution in [3.63, 3.8) is 0 Å². The van der Waals surface area contributed by atoms with Crippen LogP contribution in [0.25, 0.3) is 0 Å². The van der Waals surface area contributed by atoms with E-state index in [0.717, 1.165) is 37.5 Å². The Hall–Kier alpha value is -1.26. The monoisotopic (exact) mass is 278 g/mol. The van der Waals surface area contributed by atoms with Crippen molar-refractivity contribution in [2.24, 2.45) is 0 Å². The number of hydrogen-bond acceptors (Lipinski definition) is 4. The average molecular weight is 278 g/mol. The zero-order chi connectivity index (χ0) is 14.4. The fourth-order valence-electron chi connectivity index (χ4n) is 2.75. The van der Waals surface area contributed by atoms with Gasteiger partial charge in [0.2, 0.25) is 0 Å². The molecule has 1 saturated heterocycles. The normalized spacial score (nSPS) is 19.2. The fraction of sp³-hybridized carbons (Fsp3) is 0.625. The van der Waals surface area contributed by atoms with E-state index in [0.29, 0.717) is 11.8 Å². The van der Waals surface area contributed by atoms with Crippen molar-refractivity contribution in [2.45, 2.75) is 38.8 Å². The van der Waals surface area contributed by atoms with Crippen molar-refractivity contribution >= 4 is 0 Å². The lowest BCUT2D eigenvalue weighted by Gasteiger charge is -2.30. The van der Waals surface area contributed by atoms with Gasteiger partial charge < -0.3 is 15.2 Å². The average Bonchev–Trinajstić information content (AvgIpc) is 2.49. The zero-order valence-corrected chi connectivity index (χ0v) is 12.6. The largest absolute Gasteiger partial charge is 0.508 e. The molecule has 0 aliphatic carbocycles. The first-order valence-electron chi connectivity index (χ1n) is 7.54. The smallest absolute Gasteiger partial charge is 0.120 e. The van der Waals surface area contributed by atoms with Gasteiger partial charge in [0.15, 0.2) is 0 Å². The third-order valence-electron chi connectivity index (χ3n) is 4.02. The van der Waals surface area contributed by atoms with E-state index in [4.69, 9.17) is 4.74 Å². The topological polar surface area (TPSA) is 44.7 Å². The zero-order valence-electron chi connectivity index (χ0n) is 12.6. The number of nitrogens with one attached hydrogen (secondary N) is 1. The number of likely N-dealkylation sites (N-methyl/N-ethyl adjacent to an activating group) is 1. The summed E-state index contributed by atoms with van der Waals surface area (Å²) < 4.78 is 5.23. The van der Waals surface area contributed by atoms with Crippen LogP contribution in [-0.4, -0.2) is 42.8 Å². The number of nitrogens with zero attached hydrogens (tertiary/aromatic N) is 1. The second-order valence-electron chi connectivity index (χ2n) is 5.47. The van der Waals surface area contributed by atoms with E-state index in [-0.39, 0.29) is 0 Å². The van der Waals surface area contributed by atoms with Crippen LogP contribution in [0.1, 0.15) is 31.7 Å². The molecule has 2 rings (SSSR count). The SMILES string of the molecule is CCN(Cc1cc(OC)ccc1O)CC1CCCCN1. The maximum absolute atomic E-state index is 9.98. The molecule has 20 heavy (non-hydrogen) atoms. The van der Waals surface area contributed by atoms with Gasteiger partial charge in [-0.1, -0.05) is 13.3 Å². The Morgan fingerprint density at radius 1 is 1.40 bits per heavy atom. The number of aromatic hydroxyl groups is 1. The number of phenolic OH excluding ortho intramolecular Hbond substituents is 1. The van der Waals surface area contributed by atoms with E-state index in [9.17, 15) is 5.11 Å². The summed E-state index contributed by atoms with van der Waals surface area (Å²) in [4.78, 5) is 2.37. The Labute approximate surface area is 121 Å². The van der Waals surface area contributed by atoms with E-state index in [1.807, 2.05) is 6.07 Å². The highest BCUT2D eigenvalue weighted by atomic mass is 16.5. The highest BCUT2D eigenvalue weighted by molar-refractivity contribution is 5.39. The predicted octanol–water partition coefficient (Wildman–Crippen LogP) is 2.36. The Bertz CT molecular complexity index is 417. The van der Waals surface area contributed by atoms with Crippen LogP contribution >= 0.6 is 0 Å². The summed E-state index contributed by atoms with van der Waals surface area (Å²) >= 11 is 0. The number of hydrogen-bond donors (Lipinski definition) is 2. The first-order chi connectivity index (χ1) is 9.72. The van der Waals surface area contributed by atoms with Crippen molar-refractivity contribution in [3.8, 4) is 11.5 Å². The molecule has 4 heteroatoms. The van der Waals surface area contributed by atoms with E-state index >= 15 is 0 Å². The third-order valence-corrected chi connectivity index (χ3v) is 4.02. The van der Waals surface area contributed by atoms with Gasteiger partial charge in [-0.3, -0.25) is 4.90 Å². The number of rotatable bonds is 6. The number of ether oxygens (including phenoxy) is 1. The summed E-state index contributed by atoms with van der Waals surface area (Å²) in [7, 11) is 1.65. The van der Waals surface area contributed by atoms with Crippen LogP contribution in [0.3, 0.4) is 0 Å². The van der Waals surface area contributed by atoms with Crippen LogP contribution < -0.4 is 10.1 Å². The first kappa shape index (κ1) is 15.1. The van der Waals surface area contributed by atoms with Crippen LogP contribution in [-0.2, 0) is 6.54 Å². The molecule has 1 aliphatic rings. The van der Waals surface area contributed by atoms with Gasteiger partial charge in [0, 0.05) is 24.7 Å². The lowest BCUT2D eigenvalue weighted by molar-refractivity contribution is 0.224. The molecule has 0 spiro atoms. The summed E-state index contributed by atoms with van der Waals surface area (Å²) in [5, 5.41) is 13.6. The summed E-state index contributed by atoms with van der Waals surface area (Å²) in [5.74, 6) is 1.14. The van der Waals surface area contributed by atoms with Gasteiger partial charge in [-0.15, -0.1) is 0 Å². The Morgan fingerprint density at radius 3 is 2.90 bits per heavy atom. The van der Waals surface area contributed by atoms with Crippen molar-refractivity contribution < 1.29 is 9.84 Å². The molecule has 2 N–H and O–H groups in total. The van der Waals surface area contributed by atoms with E-state index in [1.165, 1.54) is 19.3 Å². The summed E-state index contributed by atoms with van der Waals surface area (Å²) in [6.07, 6.45) is 3.86. The predicted molar refractivity (Wildman–Crippen MR) is 81.3 cm³/mol. The molecule has 0 saturated carbocycles. The van der Waals surface area contributed by atoms with Crippen LogP contribution in [0.15, 0.2) is 18.2 Å². The Balaban J connectivity index is 1.98. The van der Waals surface area contributed by atoms with E-state index in [1.54, 1.807) is 19.2 Å². The second kappa shape index (κ2) is 7.50. The van der Waals surface area contributed by atoms with Gasteiger partial charge in [-0.2, -0.15) is 0 Å². The number of phenols is 1. The van der Waals surface area contributed by atoms with Crippen molar-refractivity contribution in [2.75, 3.05) is 26.7 Å². The van der Waals surface area contributed by atoms with Crippen molar-refractivity contribution in [3.05, 3.63) is 23.8 Å². The van der Waals surface area contributed by atoms with Crippen LogP contribution in [0.5, 0.6) is 11.5 Å². The van der Waals surface area contributed by atoms with E-state index < -0.39 is 0 Å². The minimum atomic E-state index is 0.348. The second-order valence-corrected chi connectivity index (χ2v) is 5.47. The molecule has 1 aromatic carbocycles. The third kappa shape index (κ3) is 4.12. The Kier molecular flexibility index (Phi) is 5.68. The molecule has 0 radical (unpaired) electrons. The minimum Gasteiger partial charge on any atom is -0.508 e. The molecule has 1 fully saturated rings. The summed E-state index contributed by atoms with van der Waals surface area (Å²) in [5.41, 5.74) is 0.932. The first-order valence-corrected chi connectivity index (χ1v) is 7.54. The van der Waals surface area contributed by atoms with Gasteiger partial charge in [-0.05, 0) is 44.1 Å². The maximum atomic E-state index is 9.98. The standard InChI is InChI=1S/C16H26N2O2/c1-3-18(12-14-6-4-5-9-17-14)11-13-10-15(20-2)7-8-16(13)19/h7-8,10,14,17,19H,3-6,9,11-12H2,1-2H3. The maximum Gasteiger partial charge on any atom is 0.120 e. The number of piperidine rings is 1. The lowest BCUT2D eigenvalue weighted by atomic mass is 10.0. The molecule has 4 nitrogen and oxygen atoms in total. The molecule has 0 amide bonds. The van der Waals surface area contributed by atoms with Crippen LogP contribution in [0.2, 0.25) is 0 Å². The van der Waals surface area contributed by atoms with Crippen LogP contribution in [0, 0.1) is 0 Å². The summed E-state index contributed by atoms with van der Waals surface area (Å²) in [6, 6.07) is 6.00. The molecular weight excluding hydrogens is 252 g/mol. The fourth-order valence-corrected chi connectivity index (χ4v) is 2.75. The lowest BCUT2D eigenvalue weighted by Crippen LogP contribution is -2.43. The highest BCUT2D eigenvalue weighted by Gasteiger charge is 2.17. The van der Waals surface area contributed by atoms with Gasteiger partial charge in [-0.25, -0.2) is 0 Å². The summed E-state index contributed by atoms with van der Waals surface area (Å²) in [6.45, 7) is 6.08. The molecule has 1 aromatic rings. The molecule has 0 aromatic heterocycles. The molecule has 1 heterocycles. The molecule has 1 unspecified atom stereocenters. The van der Waals surface area contributed by atoms with Crippen molar-refractivity contribution in [1.29, 1.82) is 0 Å². The van der Waals surface area contributed by atoms with E-state index in [2.05, 4.69) is 17.1 Å². The molecular formula is C16H26N2O2.